The number of halogens is 1. The topological polar surface area (TPSA) is 80.0 Å². The minimum absolute atomic E-state index is 0.191. The van der Waals surface area contributed by atoms with E-state index in [9.17, 15) is 9.18 Å². The summed E-state index contributed by atoms with van der Waals surface area (Å²) >= 11 is 0. The van der Waals surface area contributed by atoms with E-state index in [1.54, 1.807) is 18.3 Å². The number of nitrogen functional groups attached to an aromatic ring is 1. The molecule has 6 heteroatoms. The van der Waals surface area contributed by atoms with Gasteiger partial charge in [-0.1, -0.05) is 0 Å². The SMILES string of the molecule is CC(=O)Nc1ccc(F)c(Nc2ncccc2N)c1. The van der Waals surface area contributed by atoms with Crippen LogP contribution in [0.25, 0.3) is 0 Å². The fourth-order valence-corrected chi connectivity index (χ4v) is 1.55. The predicted octanol–water partition coefficient (Wildman–Crippen LogP) is 2.50. The van der Waals surface area contributed by atoms with Crippen molar-refractivity contribution in [1.29, 1.82) is 0 Å². The summed E-state index contributed by atoms with van der Waals surface area (Å²) in [6, 6.07) is 7.55. The maximum Gasteiger partial charge on any atom is 0.221 e. The van der Waals surface area contributed by atoms with E-state index in [-0.39, 0.29) is 11.6 Å². The van der Waals surface area contributed by atoms with Gasteiger partial charge < -0.3 is 16.4 Å². The molecule has 0 saturated heterocycles. The molecule has 0 bridgehead atoms. The molecule has 2 aromatic rings. The normalized spacial score (nSPS) is 10.0. The molecule has 0 fully saturated rings. The standard InChI is InChI=1S/C13H13FN4O/c1-8(19)17-9-4-5-10(14)12(7-9)18-13-11(15)3-2-6-16-13/h2-7H,15H2,1H3,(H,16,18)(H,17,19). The lowest BCUT2D eigenvalue weighted by molar-refractivity contribution is -0.114. The number of rotatable bonds is 3. The molecule has 1 aromatic heterocycles. The van der Waals surface area contributed by atoms with Crippen LogP contribution >= 0.6 is 0 Å². The lowest BCUT2D eigenvalue weighted by atomic mass is 10.2. The molecule has 98 valence electrons. The van der Waals surface area contributed by atoms with Gasteiger partial charge >= 0.3 is 0 Å². The Balaban J connectivity index is 2.29. The van der Waals surface area contributed by atoms with E-state index in [0.29, 0.717) is 17.2 Å². The molecule has 0 atom stereocenters. The highest BCUT2D eigenvalue weighted by atomic mass is 19.1. The van der Waals surface area contributed by atoms with Crippen molar-refractivity contribution < 1.29 is 9.18 Å². The number of nitrogens with two attached hydrogens (primary N) is 1. The average molecular weight is 260 g/mol. The Hall–Kier alpha value is -2.63. The number of hydrogen-bond donors (Lipinski definition) is 3. The number of benzene rings is 1. The van der Waals surface area contributed by atoms with Crippen LogP contribution in [0, 0.1) is 5.82 Å². The van der Waals surface area contributed by atoms with E-state index in [0.717, 1.165) is 0 Å². The summed E-state index contributed by atoms with van der Waals surface area (Å²) in [5.41, 5.74) is 6.81. The minimum Gasteiger partial charge on any atom is -0.396 e. The zero-order valence-electron chi connectivity index (χ0n) is 10.3. The summed E-state index contributed by atoms with van der Waals surface area (Å²) in [5.74, 6) is -0.324. The Labute approximate surface area is 109 Å². The fourth-order valence-electron chi connectivity index (χ4n) is 1.55. The van der Waals surface area contributed by atoms with Gasteiger partial charge in [-0.15, -0.1) is 0 Å². The highest BCUT2D eigenvalue weighted by Gasteiger charge is 2.07. The molecule has 4 N–H and O–H groups in total. The van der Waals surface area contributed by atoms with E-state index >= 15 is 0 Å². The summed E-state index contributed by atoms with van der Waals surface area (Å²) in [7, 11) is 0. The molecule has 19 heavy (non-hydrogen) atoms. The monoisotopic (exact) mass is 260 g/mol. The first-order chi connectivity index (χ1) is 9.06. The number of hydrogen-bond acceptors (Lipinski definition) is 4. The number of pyridine rings is 1. The predicted molar refractivity (Wildman–Crippen MR) is 72.6 cm³/mol. The molecule has 0 unspecified atom stereocenters. The highest BCUT2D eigenvalue weighted by molar-refractivity contribution is 5.89. The molecule has 1 aromatic carbocycles. The van der Waals surface area contributed by atoms with Crippen molar-refractivity contribution >= 4 is 28.8 Å². The van der Waals surface area contributed by atoms with Crippen molar-refractivity contribution in [3.63, 3.8) is 0 Å². The lowest BCUT2D eigenvalue weighted by Gasteiger charge is -2.10. The summed E-state index contributed by atoms with van der Waals surface area (Å²) in [4.78, 5) is 15.0. The molecule has 5 nitrogen and oxygen atoms in total. The fraction of sp³-hybridized carbons (Fsp3) is 0.0769. The van der Waals surface area contributed by atoms with Crippen molar-refractivity contribution in [2.24, 2.45) is 0 Å². The first kappa shape index (κ1) is 12.8. The molecule has 1 amide bonds. The quantitative estimate of drug-likeness (QED) is 0.792. The largest absolute Gasteiger partial charge is 0.396 e. The number of amides is 1. The summed E-state index contributed by atoms with van der Waals surface area (Å²) in [5, 5.41) is 5.37. The molecule has 0 aliphatic rings. The van der Waals surface area contributed by atoms with Crippen LogP contribution in [0.15, 0.2) is 36.5 Å². The number of aromatic nitrogens is 1. The van der Waals surface area contributed by atoms with Gasteiger partial charge in [-0.05, 0) is 30.3 Å². The number of nitrogens with one attached hydrogen (secondary N) is 2. The molecule has 0 aliphatic carbocycles. The van der Waals surface area contributed by atoms with Gasteiger partial charge in [0.2, 0.25) is 5.91 Å². The van der Waals surface area contributed by atoms with Crippen molar-refractivity contribution in [2.75, 3.05) is 16.4 Å². The zero-order chi connectivity index (χ0) is 13.8. The Morgan fingerprint density at radius 3 is 2.84 bits per heavy atom. The lowest BCUT2D eigenvalue weighted by Crippen LogP contribution is -2.07. The molecule has 0 saturated carbocycles. The van der Waals surface area contributed by atoms with Crippen LogP contribution in [0.3, 0.4) is 0 Å². The maximum atomic E-state index is 13.7. The number of carbonyl (C=O) groups is 1. The van der Waals surface area contributed by atoms with Crippen LogP contribution in [0.4, 0.5) is 27.3 Å². The third kappa shape index (κ3) is 3.19. The van der Waals surface area contributed by atoms with Crippen LogP contribution in [-0.2, 0) is 4.79 Å². The highest BCUT2D eigenvalue weighted by Crippen LogP contribution is 2.25. The Kier molecular flexibility index (Phi) is 3.61. The molecule has 0 spiro atoms. The van der Waals surface area contributed by atoms with Crippen LogP contribution in [0.2, 0.25) is 0 Å². The van der Waals surface area contributed by atoms with Crippen molar-refractivity contribution in [2.45, 2.75) is 6.92 Å². The average Bonchev–Trinajstić information content (AvgIpc) is 2.35. The summed E-state index contributed by atoms with van der Waals surface area (Å²) < 4.78 is 13.7. The van der Waals surface area contributed by atoms with E-state index < -0.39 is 5.82 Å². The van der Waals surface area contributed by atoms with Gasteiger partial charge in [0, 0.05) is 18.8 Å². The third-order valence-corrected chi connectivity index (χ3v) is 2.38. The Morgan fingerprint density at radius 1 is 1.37 bits per heavy atom. The van der Waals surface area contributed by atoms with Crippen molar-refractivity contribution in [1.82, 2.24) is 4.98 Å². The Morgan fingerprint density at radius 2 is 2.16 bits per heavy atom. The molecular weight excluding hydrogens is 247 g/mol. The maximum absolute atomic E-state index is 13.7. The minimum atomic E-state index is -0.459. The van der Waals surface area contributed by atoms with Gasteiger partial charge in [-0.25, -0.2) is 9.37 Å². The molecule has 0 radical (unpaired) electrons. The van der Waals surface area contributed by atoms with E-state index in [2.05, 4.69) is 15.6 Å². The first-order valence-corrected chi connectivity index (χ1v) is 5.61. The van der Waals surface area contributed by atoms with Gasteiger partial charge in [0.25, 0.3) is 0 Å². The second-order valence-corrected chi connectivity index (χ2v) is 3.94. The molecule has 2 rings (SSSR count). The second kappa shape index (κ2) is 5.34. The molecule has 1 heterocycles. The van der Waals surface area contributed by atoms with Crippen molar-refractivity contribution in [3.8, 4) is 0 Å². The first-order valence-electron chi connectivity index (χ1n) is 5.61. The number of nitrogens with zero attached hydrogens (tertiary/aromatic N) is 1. The number of anilines is 4. The third-order valence-electron chi connectivity index (χ3n) is 2.38. The zero-order valence-corrected chi connectivity index (χ0v) is 10.3. The van der Waals surface area contributed by atoms with Crippen LogP contribution in [-0.4, -0.2) is 10.9 Å². The van der Waals surface area contributed by atoms with E-state index in [1.807, 2.05) is 0 Å². The van der Waals surface area contributed by atoms with Gasteiger partial charge in [-0.2, -0.15) is 0 Å². The smallest absolute Gasteiger partial charge is 0.221 e. The van der Waals surface area contributed by atoms with Gasteiger partial charge in [-0.3, -0.25) is 4.79 Å². The summed E-state index contributed by atoms with van der Waals surface area (Å²) in [6.45, 7) is 1.38. The second-order valence-electron chi connectivity index (χ2n) is 3.94. The van der Waals surface area contributed by atoms with Crippen molar-refractivity contribution in [3.05, 3.63) is 42.3 Å². The van der Waals surface area contributed by atoms with Crippen LogP contribution in [0.1, 0.15) is 6.92 Å². The van der Waals surface area contributed by atoms with Gasteiger partial charge in [0.15, 0.2) is 5.82 Å². The Bertz CT molecular complexity index is 615. The van der Waals surface area contributed by atoms with E-state index in [1.165, 1.54) is 25.1 Å². The number of carbonyl (C=O) groups excluding carboxylic acids is 1. The molecular formula is C13H13FN4O. The van der Waals surface area contributed by atoms with Gasteiger partial charge in [0.05, 0.1) is 11.4 Å². The van der Waals surface area contributed by atoms with Crippen LogP contribution in [0.5, 0.6) is 0 Å². The van der Waals surface area contributed by atoms with E-state index in [4.69, 9.17) is 5.73 Å². The van der Waals surface area contributed by atoms with Crippen LogP contribution < -0.4 is 16.4 Å². The summed E-state index contributed by atoms with van der Waals surface area (Å²) in [6.07, 6.45) is 1.55. The van der Waals surface area contributed by atoms with Gasteiger partial charge in [0.1, 0.15) is 5.82 Å². The molecule has 0 aliphatic heterocycles.